The summed E-state index contributed by atoms with van der Waals surface area (Å²) >= 11 is 0. The van der Waals surface area contributed by atoms with E-state index in [9.17, 15) is 5.26 Å². The molecular weight excluding hydrogens is 252 g/mol. The molecular formula is C16H22N2O2. The molecule has 1 N–H and O–H groups in total. The van der Waals surface area contributed by atoms with Gasteiger partial charge in [-0.3, -0.25) is 5.32 Å². The van der Waals surface area contributed by atoms with Crippen molar-refractivity contribution < 1.29 is 9.47 Å². The van der Waals surface area contributed by atoms with E-state index in [-0.39, 0.29) is 6.10 Å². The van der Waals surface area contributed by atoms with Crippen molar-refractivity contribution in [3.8, 4) is 17.6 Å². The molecule has 2 unspecified atom stereocenters. The van der Waals surface area contributed by atoms with E-state index >= 15 is 0 Å². The van der Waals surface area contributed by atoms with Crippen molar-refractivity contribution in [2.45, 2.75) is 50.8 Å². The molecule has 2 atom stereocenters. The van der Waals surface area contributed by atoms with Gasteiger partial charge in [0, 0.05) is 18.5 Å². The zero-order chi connectivity index (χ0) is 14.6. The van der Waals surface area contributed by atoms with Gasteiger partial charge in [0.1, 0.15) is 23.1 Å². The molecule has 0 saturated heterocycles. The Hall–Kier alpha value is -1.73. The van der Waals surface area contributed by atoms with Crippen molar-refractivity contribution in [1.82, 2.24) is 5.32 Å². The molecule has 1 aromatic carbocycles. The average molecular weight is 274 g/mol. The molecule has 0 heterocycles. The Labute approximate surface area is 120 Å². The van der Waals surface area contributed by atoms with Crippen LogP contribution in [0.3, 0.4) is 0 Å². The normalized spacial score (nSPS) is 25.4. The predicted octanol–water partition coefficient (Wildman–Crippen LogP) is 2.89. The van der Waals surface area contributed by atoms with Crippen LogP contribution in [0.4, 0.5) is 0 Å². The second-order valence-corrected chi connectivity index (χ2v) is 5.65. The van der Waals surface area contributed by atoms with Crippen LogP contribution in [0.25, 0.3) is 0 Å². The third-order valence-electron chi connectivity index (χ3n) is 3.59. The van der Waals surface area contributed by atoms with Crippen LogP contribution in [0.5, 0.6) is 11.5 Å². The first-order chi connectivity index (χ1) is 9.57. The maximum atomic E-state index is 9.44. The van der Waals surface area contributed by atoms with Gasteiger partial charge >= 0.3 is 0 Å². The minimum atomic E-state index is -0.447. The second kappa shape index (κ2) is 6.15. The molecule has 1 aromatic rings. The predicted molar refractivity (Wildman–Crippen MR) is 77.9 cm³/mol. The van der Waals surface area contributed by atoms with Crippen LogP contribution in [-0.4, -0.2) is 24.8 Å². The highest BCUT2D eigenvalue weighted by Crippen LogP contribution is 2.33. The first-order valence-corrected chi connectivity index (χ1v) is 7.06. The lowest BCUT2D eigenvalue weighted by molar-refractivity contribution is 0.198. The highest BCUT2D eigenvalue weighted by molar-refractivity contribution is 5.33. The molecule has 0 aliphatic heterocycles. The summed E-state index contributed by atoms with van der Waals surface area (Å²) < 4.78 is 11.2. The highest BCUT2D eigenvalue weighted by Gasteiger charge is 2.40. The summed E-state index contributed by atoms with van der Waals surface area (Å²) in [6, 6.07) is 10.3. The number of benzene rings is 1. The molecule has 0 radical (unpaired) electrons. The maximum absolute atomic E-state index is 9.44. The first kappa shape index (κ1) is 14.7. The molecule has 0 spiro atoms. The van der Waals surface area contributed by atoms with E-state index in [4.69, 9.17) is 9.47 Å². The van der Waals surface area contributed by atoms with Crippen molar-refractivity contribution in [3.05, 3.63) is 24.3 Å². The van der Waals surface area contributed by atoms with Gasteiger partial charge < -0.3 is 9.47 Å². The van der Waals surface area contributed by atoms with Crippen LogP contribution >= 0.6 is 0 Å². The Kier molecular flexibility index (Phi) is 4.51. The van der Waals surface area contributed by atoms with Gasteiger partial charge in [-0.05, 0) is 38.8 Å². The summed E-state index contributed by atoms with van der Waals surface area (Å²) in [4.78, 5) is 0. The van der Waals surface area contributed by atoms with Crippen LogP contribution < -0.4 is 14.8 Å². The molecule has 4 nitrogen and oxygen atoms in total. The smallest absolute Gasteiger partial charge is 0.123 e. The van der Waals surface area contributed by atoms with Gasteiger partial charge in [0.25, 0.3) is 0 Å². The highest BCUT2D eigenvalue weighted by atomic mass is 16.5. The van der Waals surface area contributed by atoms with Gasteiger partial charge in [-0.15, -0.1) is 0 Å². The molecule has 20 heavy (non-hydrogen) atoms. The van der Waals surface area contributed by atoms with E-state index in [0.29, 0.717) is 6.04 Å². The van der Waals surface area contributed by atoms with Crippen LogP contribution in [0.1, 0.15) is 33.1 Å². The lowest BCUT2D eigenvalue weighted by atomic mass is 9.98. The van der Waals surface area contributed by atoms with Crippen molar-refractivity contribution in [2.24, 2.45) is 0 Å². The number of ether oxygens (including phenoxy) is 2. The standard InChI is InChI=1S/C16H22N2O2/c1-12(2)18-16(11-17)8-7-15(10-16)20-14-6-4-5-13(9-14)19-3/h4-6,9,12,15,18H,7-8,10H2,1-3H3. The van der Waals surface area contributed by atoms with Gasteiger partial charge in [-0.25, -0.2) is 0 Å². The summed E-state index contributed by atoms with van der Waals surface area (Å²) in [6.07, 6.45) is 2.52. The number of nitriles is 1. The van der Waals surface area contributed by atoms with Crippen molar-refractivity contribution >= 4 is 0 Å². The van der Waals surface area contributed by atoms with Gasteiger partial charge in [-0.2, -0.15) is 5.26 Å². The summed E-state index contributed by atoms with van der Waals surface area (Å²) in [5.74, 6) is 1.58. The number of hydrogen-bond acceptors (Lipinski definition) is 4. The van der Waals surface area contributed by atoms with E-state index in [1.807, 2.05) is 24.3 Å². The minimum absolute atomic E-state index is 0.0769. The number of nitrogens with zero attached hydrogens (tertiary/aromatic N) is 1. The van der Waals surface area contributed by atoms with Gasteiger partial charge in [0.05, 0.1) is 13.2 Å². The van der Waals surface area contributed by atoms with E-state index in [2.05, 4.69) is 25.2 Å². The molecule has 108 valence electrons. The number of rotatable bonds is 5. The topological polar surface area (TPSA) is 54.3 Å². The number of nitrogens with one attached hydrogen (secondary N) is 1. The molecule has 0 aromatic heterocycles. The molecule has 1 aliphatic carbocycles. The second-order valence-electron chi connectivity index (χ2n) is 5.65. The molecule has 0 amide bonds. The largest absolute Gasteiger partial charge is 0.497 e. The van der Waals surface area contributed by atoms with E-state index in [1.165, 1.54) is 0 Å². The van der Waals surface area contributed by atoms with E-state index in [0.717, 1.165) is 30.8 Å². The Balaban J connectivity index is 2.00. The fraction of sp³-hybridized carbons (Fsp3) is 0.562. The quantitative estimate of drug-likeness (QED) is 0.897. The summed E-state index contributed by atoms with van der Waals surface area (Å²) in [6.45, 7) is 4.13. The zero-order valence-corrected chi connectivity index (χ0v) is 12.3. The molecule has 1 saturated carbocycles. The van der Waals surface area contributed by atoms with Crippen LogP contribution in [0, 0.1) is 11.3 Å². The third kappa shape index (κ3) is 3.43. The Morgan fingerprint density at radius 1 is 1.40 bits per heavy atom. The van der Waals surface area contributed by atoms with Crippen molar-refractivity contribution in [2.75, 3.05) is 7.11 Å². The van der Waals surface area contributed by atoms with Gasteiger partial charge in [-0.1, -0.05) is 6.07 Å². The van der Waals surface area contributed by atoms with E-state index in [1.54, 1.807) is 7.11 Å². The Morgan fingerprint density at radius 2 is 2.15 bits per heavy atom. The Bertz CT molecular complexity index is 495. The monoisotopic (exact) mass is 274 g/mol. The Morgan fingerprint density at radius 3 is 2.80 bits per heavy atom. The summed E-state index contributed by atoms with van der Waals surface area (Å²) in [7, 11) is 1.64. The van der Waals surface area contributed by atoms with Gasteiger partial charge in [0.2, 0.25) is 0 Å². The number of methoxy groups -OCH3 is 1. The van der Waals surface area contributed by atoms with Gasteiger partial charge in [0.15, 0.2) is 0 Å². The molecule has 4 heteroatoms. The summed E-state index contributed by atoms with van der Waals surface area (Å²) in [5.41, 5.74) is -0.447. The fourth-order valence-electron chi connectivity index (χ4n) is 2.79. The lowest BCUT2D eigenvalue weighted by Crippen LogP contribution is -2.46. The molecule has 1 aliphatic rings. The van der Waals surface area contributed by atoms with Crippen molar-refractivity contribution in [3.63, 3.8) is 0 Å². The van der Waals surface area contributed by atoms with Crippen LogP contribution in [-0.2, 0) is 0 Å². The van der Waals surface area contributed by atoms with Crippen molar-refractivity contribution in [1.29, 1.82) is 5.26 Å². The minimum Gasteiger partial charge on any atom is -0.497 e. The average Bonchev–Trinajstić information content (AvgIpc) is 2.82. The van der Waals surface area contributed by atoms with Crippen LogP contribution in [0.2, 0.25) is 0 Å². The number of hydrogen-bond donors (Lipinski definition) is 1. The SMILES string of the molecule is COc1cccc(OC2CCC(C#N)(NC(C)C)C2)c1. The molecule has 1 fully saturated rings. The molecule has 2 rings (SSSR count). The van der Waals surface area contributed by atoms with E-state index < -0.39 is 5.54 Å². The third-order valence-corrected chi connectivity index (χ3v) is 3.59. The first-order valence-electron chi connectivity index (χ1n) is 7.06. The summed E-state index contributed by atoms with van der Waals surface area (Å²) in [5, 5.41) is 12.8. The maximum Gasteiger partial charge on any atom is 0.123 e. The molecule has 0 bridgehead atoms. The lowest BCUT2D eigenvalue weighted by Gasteiger charge is -2.25. The zero-order valence-electron chi connectivity index (χ0n) is 12.3. The van der Waals surface area contributed by atoms with Crippen LogP contribution in [0.15, 0.2) is 24.3 Å². The fourth-order valence-corrected chi connectivity index (χ4v) is 2.79.